The molecule has 0 spiro atoms. The fourth-order valence-electron chi connectivity index (χ4n) is 2.85. The Balaban J connectivity index is 1.92. The van der Waals surface area contributed by atoms with Crippen LogP contribution in [0.4, 0.5) is 0 Å². The van der Waals surface area contributed by atoms with Gasteiger partial charge in [-0.25, -0.2) is 15.0 Å². The quantitative estimate of drug-likeness (QED) is 0.307. The summed E-state index contributed by atoms with van der Waals surface area (Å²) < 4.78 is 1.93. The largest absolute Gasteiger partial charge is 0.208 e. The van der Waals surface area contributed by atoms with Crippen LogP contribution in [0.5, 0.6) is 0 Å². The molecule has 0 amide bonds. The summed E-state index contributed by atoms with van der Waals surface area (Å²) in [5.74, 6) is 1.97. The molecular weight excluding hydrogens is 478 g/mol. The van der Waals surface area contributed by atoms with Crippen molar-refractivity contribution in [2.75, 3.05) is 0 Å². The molecule has 0 atom stereocenters. The highest BCUT2D eigenvalue weighted by molar-refractivity contribution is 9.11. The molecular formula is C23H17Br2N3. The van der Waals surface area contributed by atoms with Gasteiger partial charge in [0.2, 0.25) is 0 Å². The predicted molar refractivity (Wildman–Crippen MR) is 121 cm³/mol. The van der Waals surface area contributed by atoms with Crippen molar-refractivity contribution < 1.29 is 0 Å². The Hall–Kier alpha value is -2.37. The molecule has 0 aliphatic rings. The maximum Gasteiger partial charge on any atom is 0.164 e. The molecule has 0 radical (unpaired) electrons. The number of rotatable bonds is 3. The Morgan fingerprint density at radius 2 is 0.857 bits per heavy atom. The van der Waals surface area contributed by atoms with Crippen LogP contribution in [0.2, 0.25) is 0 Å². The lowest BCUT2D eigenvalue weighted by molar-refractivity contribution is 1.07. The zero-order chi connectivity index (χ0) is 19.7. The van der Waals surface area contributed by atoms with E-state index >= 15 is 0 Å². The lowest BCUT2D eigenvalue weighted by atomic mass is 10.1. The molecule has 0 aliphatic carbocycles. The highest BCUT2D eigenvalue weighted by atomic mass is 79.9. The van der Waals surface area contributed by atoms with Crippen LogP contribution in [0, 0.1) is 13.8 Å². The van der Waals surface area contributed by atoms with E-state index in [0.717, 1.165) is 25.6 Å². The summed E-state index contributed by atoms with van der Waals surface area (Å²) in [4.78, 5) is 14.3. The molecule has 3 aromatic carbocycles. The number of aryl methyl sites for hydroxylation is 2. The molecule has 0 saturated carbocycles. The van der Waals surface area contributed by atoms with Gasteiger partial charge in [0.05, 0.1) is 0 Å². The SMILES string of the molecule is Cc1ccc(-c2nc(-c3ccc(C)cc3)nc(-c3cc(Br)cc(Br)c3)n2)cc1. The van der Waals surface area contributed by atoms with Gasteiger partial charge in [0, 0.05) is 25.6 Å². The zero-order valence-corrected chi connectivity index (χ0v) is 18.6. The van der Waals surface area contributed by atoms with E-state index in [0.29, 0.717) is 17.5 Å². The molecule has 138 valence electrons. The van der Waals surface area contributed by atoms with E-state index in [9.17, 15) is 0 Å². The monoisotopic (exact) mass is 493 g/mol. The van der Waals surface area contributed by atoms with E-state index in [1.165, 1.54) is 11.1 Å². The lowest BCUT2D eigenvalue weighted by Crippen LogP contribution is -2.00. The van der Waals surface area contributed by atoms with E-state index in [1.54, 1.807) is 0 Å². The van der Waals surface area contributed by atoms with Crippen LogP contribution >= 0.6 is 31.9 Å². The van der Waals surface area contributed by atoms with Crippen molar-refractivity contribution >= 4 is 31.9 Å². The summed E-state index contributed by atoms with van der Waals surface area (Å²) in [5.41, 5.74) is 5.26. The van der Waals surface area contributed by atoms with Gasteiger partial charge < -0.3 is 0 Å². The van der Waals surface area contributed by atoms with E-state index in [-0.39, 0.29) is 0 Å². The average Bonchev–Trinajstić information content (AvgIpc) is 2.68. The minimum absolute atomic E-state index is 0.642. The van der Waals surface area contributed by atoms with E-state index < -0.39 is 0 Å². The number of aromatic nitrogens is 3. The van der Waals surface area contributed by atoms with E-state index in [1.807, 2.05) is 42.5 Å². The summed E-state index contributed by atoms with van der Waals surface area (Å²) in [6.45, 7) is 4.14. The predicted octanol–water partition coefficient (Wildman–Crippen LogP) is 7.01. The van der Waals surface area contributed by atoms with Crippen LogP contribution in [-0.2, 0) is 0 Å². The lowest BCUT2D eigenvalue weighted by Gasteiger charge is -2.09. The number of benzene rings is 3. The Labute approximate surface area is 181 Å². The topological polar surface area (TPSA) is 38.7 Å². The van der Waals surface area contributed by atoms with Crippen LogP contribution in [0.3, 0.4) is 0 Å². The molecule has 0 N–H and O–H groups in total. The van der Waals surface area contributed by atoms with E-state index in [4.69, 9.17) is 15.0 Å². The summed E-state index contributed by atoms with van der Waals surface area (Å²) >= 11 is 7.10. The molecule has 0 fully saturated rings. The second-order valence-corrected chi connectivity index (χ2v) is 8.53. The number of hydrogen-bond acceptors (Lipinski definition) is 3. The van der Waals surface area contributed by atoms with Crippen LogP contribution < -0.4 is 0 Å². The van der Waals surface area contributed by atoms with Gasteiger partial charge in [-0.1, -0.05) is 91.5 Å². The normalized spacial score (nSPS) is 10.9. The van der Waals surface area contributed by atoms with Crippen molar-refractivity contribution in [2.24, 2.45) is 0 Å². The highest BCUT2D eigenvalue weighted by Crippen LogP contribution is 2.29. The summed E-state index contributed by atoms with van der Waals surface area (Å²) in [5, 5.41) is 0. The van der Waals surface area contributed by atoms with Crippen molar-refractivity contribution in [3.05, 3.63) is 86.8 Å². The molecule has 28 heavy (non-hydrogen) atoms. The van der Waals surface area contributed by atoms with E-state index in [2.05, 4.69) is 70.0 Å². The number of hydrogen-bond donors (Lipinski definition) is 0. The molecule has 0 saturated heterocycles. The second-order valence-electron chi connectivity index (χ2n) is 6.70. The van der Waals surface area contributed by atoms with Gasteiger partial charge in [-0.05, 0) is 32.0 Å². The van der Waals surface area contributed by atoms with Crippen molar-refractivity contribution in [2.45, 2.75) is 13.8 Å². The average molecular weight is 495 g/mol. The fourth-order valence-corrected chi connectivity index (χ4v) is 4.15. The molecule has 1 heterocycles. The third-order valence-electron chi connectivity index (χ3n) is 4.38. The maximum absolute atomic E-state index is 4.76. The third-order valence-corrected chi connectivity index (χ3v) is 5.29. The number of halogens is 2. The van der Waals surface area contributed by atoms with Crippen molar-refractivity contribution in [1.29, 1.82) is 0 Å². The smallest absolute Gasteiger partial charge is 0.164 e. The van der Waals surface area contributed by atoms with Crippen LogP contribution in [0.15, 0.2) is 75.7 Å². The number of nitrogens with zero attached hydrogens (tertiary/aromatic N) is 3. The standard InChI is InChI=1S/C23H17Br2N3/c1-14-3-7-16(8-4-14)21-26-22(17-9-5-15(2)6-10-17)28-23(27-21)18-11-19(24)13-20(25)12-18/h3-13H,1-2H3. The molecule has 0 bridgehead atoms. The molecule has 4 aromatic rings. The molecule has 4 rings (SSSR count). The first kappa shape index (κ1) is 19.0. The summed E-state index contributed by atoms with van der Waals surface area (Å²) in [6.07, 6.45) is 0. The van der Waals surface area contributed by atoms with Crippen molar-refractivity contribution in [3.63, 3.8) is 0 Å². The van der Waals surface area contributed by atoms with Crippen LogP contribution in [-0.4, -0.2) is 15.0 Å². The fraction of sp³-hybridized carbons (Fsp3) is 0.0870. The Kier molecular flexibility index (Phi) is 5.38. The molecule has 0 aliphatic heterocycles. The first-order valence-corrected chi connectivity index (χ1v) is 10.4. The first-order valence-electron chi connectivity index (χ1n) is 8.84. The van der Waals surface area contributed by atoms with Crippen molar-refractivity contribution in [1.82, 2.24) is 15.0 Å². The van der Waals surface area contributed by atoms with Gasteiger partial charge in [0.1, 0.15) is 0 Å². The first-order chi connectivity index (χ1) is 13.5. The van der Waals surface area contributed by atoms with Gasteiger partial charge >= 0.3 is 0 Å². The molecule has 5 heteroatoms. The highest BCUT2D eigenvalue weighted by Gasteiger charge is 2.13. The zero-order valence-electron chi connectivity index (χ0n) is 15.4. The van der Waals surface area contributed by atoms with Gasteiger partial charge in [-0.15, -0.1) is 0 Å². The van der Waals surface area contributed by atoms with Crippen molar-refractivity contribution in [3.8, 4) is 34.2 Å². The Morgan fingerprint density at radius 3 is 1.25 bits per heavy atom. The summed E-state index contributed by atoms with van der Waals surface area (Å²) in [6, 6.07) is 22.5. The van der Waals surface area contributed by atoms with Gasteiger partial charge in [0.25, 0.3) is 0 Å². The third kappa shape index (κ3) is 4.21. The Morgan fingerprint density at radius 1 is 0.500 bits per heavy atom. The summed E-state index contributed by atoms with van der Waals surface area (Å²) in [7, 11) is 0. The van der Waals surface area contributed by atoms with Gasteiger partial charge in [-0.2, -0.15) is 0 Å². The van der Waals surface area contributed by atoms with Crippen LogP contribution in [0.1, 0.15) is 11.1 Å². The maximum atomic E-state index is 4.76. The second kappa shape index (κ2) is 7.94. The van der Waals surface area contributed by atoms with Crippen LogP contribution in [0.25, 0.3) is 34.2 Å². The minimum atomic E-state index is 0.642. The molecule has 0 unspecified atom stereocenters. The molecule has 3 nitrogen and oxygen atoms in total. The molecule has 1 aromatic heterocycles. The minimum Gasteiger partial charge on any atom is -0.208 e. The Bertz CT molecular complexity index is 1050. The van der Waals surface area contributed by atoms with Gasteiger partial charge in [-0.3, -0.25) is 0 Å². The van der Waals surface area contributed by atoms with Gasteiger partial charge in [0.15, 0.2) is 17.5 Å².